The molecule has 3 rings (SSSR count). The summed E-state index contributed by atoms with van der Waals surface area (Å²) < 4.78 is 7.43. The minimum absolute atomic E-state index is 0.0342. The number of ether oxygens (including phenoxy) is 1. The van der Waals surface area contributed by atoms with Crippen molar-refractivity contribution in [2.75, 3.05) is 20.1 Å². The molecule has 1 aromatic heterocycles. The number of fused-ring (bicyclic) bond motifs is 1. The maximum Gasteiger partial charge on any atom is 0.412 e. The monoisotopic (exact) mass is 450 g/mol. The molecule has 176 valence electrons. The van der Waals surface area contributed by atoms with Crippen LogP contribution in [-0.4, -0.2) is 46.6 Å². The summed E-state index contributed by atoms with van der Waals surface area (Å²) in [4.78, 5) is 31.0. The molecule has 1 N–H and O–H groups in total. The summed E-state index contributed by atoms with van der Waals surface area (Å²) in [5.41, 5.74) is 3.62. The number of aromatic nitrogens is 2. The minimum Gasteiger partial charge on any atom is -0.410 e. The predicted molar refractivity (Wildman–Crippen MR) is 131 cm³/mol. The highest BCUT2D eigenvalue weighted by atomic mass is 16.5. The molecule has 2 amide bonds. The summed E-state index contributed by atoms with van der Waals surface area (Å²) in [5.74, 6) is 2.05. The molecule has 0 bridgehead atoms. The zero-order valence-corrected chi connectivity index (χ0v) is 20.2. The molecule has 0 fully saturated rings. The van der Waals surface area contributed by atoms with Crippen molar-refractivity contribution in [1.82, 2.24) is 19.8 Å². The van der Waals surface area contributed by atoms with E-state index < -0.39 is 6.09 Å². The van der Waals surface area contributed by atoms with Gasteiger partial charge in [-0.1, -0.05) is 26.0 Å². The Bertz CT molecular complexity index is 1100. The highest BCUT2D eigenvalue weighted by Gasteiger charge is 2.17. The fraction of sp³-hybridized carbons (Fsp3) is 0.423. The van der Waals surface area contributed by atoms with Crippen molar-refractivity contribution in [2.24, 2.45) is 5.92 Å². The maximum atomic E-state index is 12.8. The van der Waals surface area contributed by atoms with Crippen molar-refractivity contribution in [1.29, 1.82) is 0 Å². The van der Waals surface area contributed by atoms with Crippen molar-refractivity contribution < 1.29 is 14.3 Å². The Morgan fingerprint density at radius 1 is 1.09 bits per heavy atom. The molecule has 7 nitrogen and oxygen atoms in total. The Balaban J connectivity index is 1.92. The van der Waals surface area contributed by atoms with Gasteiger partial charge in [0.05, 0.1) is 11.0 Å². The van der Waals surface area contributed by atoms with E-state index in [2.05, 4.69) is 23.7 Å². The number of carbonyl (C=O) groups excluding carboxylic acids is 2. The lowest BCUT2D eigenvalue weighted by molar-refractivity contribution is 0.0773. The average Bonchev–Trinajstić information content (AvgIpc) is 3.15. The Kier molecular flexibility index (Phi) is 8.09. The van der Waals surface area contributed by atoms with Gasteiger partial charge in [0.25, 0.3) is 5.91 Å². The van der Waals surface area contributed by atoms with Gasteiger partial charge in [-0.05, 0) is 62.1 Å². The van der Waals surface area contributed by atoms with Crippen LogP contribution in [0.5, 0.6) is 5.75 Å². The molecule has 0 aliphatic heterocycles. The molecular weight excluding hydrogens is 416 g/mol. The minimum atomic E-state index is -0.492. The number of hydrogen-bond donors (Lipinski definition) is 1. The van der Waals surface area contributed by atoms with Gasteiger partial charge in [-0.25, -0.2) is 9.78 Å². The Labute approximate surface area is 195 Å². The number of nitrogens with one attached hydrogen (secondary N) is 1. The van der Waals surface area contributed by atoms with Crippen molar-refractivity contribution >= 4 is 23.0 Å². The third-order valence-corrected chi connectivity index (χ3v) is 5.76. The number of amides is 2. The Morgan fingerprint density at radius 2 is 1.79 bits per heavy atom. The molecule has 0 spiro atoms. The van der Waals surface area contributed by atoms with E-state index in [1.807, 2.05) is 49.1 Å². The molecule has 0 aliphatic rings. The zero-order chi connectivity index (χ0) is 24.0. The van der Waals surface area contributed by atoms with Gasteiger partial charge in [0.2, 0.25) is 0 Å². The van der Waals surface area contributed by atoms with Crippen LogP contribution in [0.1, 0.15) is 55.9 Å². The van der Waals surface area contributed by atoms with Crippen LogP contribution in [0.3, 0.4) is 0 Å². The van der Waals surface area contributed by atoms with Crippen LogP contribution in [0.25, 0.3) is 11.0 Å². The third-order valence-electron chi connectivity index (χ3n) is 5.76. The lowest BCUT2D eigenvalue weighted by atomic mass is 10.1. The summed E-state index contributed by atoms with van der Waals surface area (Å²) in [5, 5.41) is 2.44. The predicted octanol–water partition coefficient (Wildman–Crippen LogP) is 4.87. The quantitative estimate of drug-likeness (QED) is 0.504. The fourth-order valence-corrected chi connectivity index (χ4v) is 3.79. The second kappa shape index (κ2) is 11.0. The number of benzene rings is 2. The first-order chi connectivity index (χ1) is 15.9. The van der Waals surface area contributed by atoms with Gasteiger partial charge in [-0.3, -0.25) is 4.79 Å². The van der Waals surface area contributed by atoms with Crippen molar-refractivity contribution in [3.8, 4) is 5.75 Å². The maximum absolute atomic E-state index is 12.8. The van der Waals surface area contributed by atoms with Gasteiger partial charge in [0, 0.05) is 38.7 Å². The molecule has 3 aromatic rings. The van der Waals surface area contributed by atoms with Crippen LogP contribution >= 0.6 is 0 Å². The standard InChI is InChI=1S/C26H34N4O3/c1-6-29(7-2)25(31)20-10-13-23-22(17-20)28-24(30(23)15-14-18(3)4)16-19-8-11-21(12-9-19)33-26(32)27-5/h8-13,17-18H,6-7,14-16H2,1-5H3,(H,27,32). The Hall–Kier alpha value is -3.35. The number of aryl methyl sites for hydroxylation is 1. The van der Waals surface area contributed by atoms with E-state index in [0.29, 0.717) is 36.7 Å². The number of nitrogens with zero attached hydrogens (tertiary/aromatic N) is 3. The molecular formula is C26H34N4O3. The topological polar surface area (TPSA) is 76.5 Å². The van der Waals surface area contributed by atoms with Crippen molar-refractivity contribution in [3.63, 3.8) is 0 Å². The lowest BCUT2D eigenvalue weighted by Gasteiger charge is -2.18. The van der Waals surface area contributed by atoms with E-state index in [-0.39, 0.29) is 5.91 Å². The molecule has 0 unspecified atom stereocenters. The van der Waals surface area contributed by atoms with Crippen LogP contribution in [0.4, 0.5) is 4.79 Å². The summed E-state index contributed by atoms with van der Waals surface area (Å²) in [6.07, 6.45) is 1.19. The largest absolute Gasteiger partial charge is 0.412 e. The van der Waals surface area contributed by atoms with E-state index in [9.17, 15) is 9.59 Å². The number of hydrogen-bond acceptors (Lipinski definition) is 4. The van der Waals surface area contributed by atoms with Gasteiger partial charge in [-0.15, -0.1) is 0 Å². The molecule has 0 aliphatic carbocycles. The van der Waals surface area contributed by atoms with Gasteiger partial charge < -0.3 is 19.5 Å². The summed E-state index contributed by atoms with van der Waals surface area (Å²) >= 11 is 0. The first-order valence-corrected chi connectivity index (χ1v) is 11.6. The Morgan fingerprint density at radius 3 is 2.39 bits per heavy atom. The van der Waals surface area contributed by atoms with E-state index in [1.54, 1.807) is 12.1 Å². The number of rotatable bonds is 9. The van der Waals surface area contributed by atoms with Gasteiger partial charge in [0.1, 0.15) is 11.6 Å². The lowest BCUT2D eigenvalue weighted by Crippen LogP contribution is -2.30. The zero-order valence-electron chi connectivity index (χ0n) is 20.2. The van der Waals surface area contributed by atoms with Crippen molar-refractivity contribution in [3.05, 3.63) is 59.4 Å². The number of imidazole rings is 1. The molecule has 0 saturated carbocycles. The second-order valence-electron chi connectivity index (χ2n) is 8.50. The summed E-state index contributed by atoms with van der Waals surface area (Å²) in [7, 11) is 1.53. The van der Waals surface area contributed by atoms with Crippen molar-refractivity contribution in [2.45, 2.75) is 47.1 Å². The summed E-state index contributed by atoms with van der Waals surface area (Å²) in [6.45, 7) is 10.6. The first kappa shape index (κ1) is 24.3. The average molecular weight is 451 g/mol. The van der Waals surface area contributed by atoms with Gasteiger partial charge in [-0.2, -0.15) is 0 Å². The van der Waals surface area contributed by atoms with E-state index >= 15 is 0 Å². The SMILES string of the molecule is CCN(CC)C(=O)c1ccc2c(c1)nc(Cc1ccc(OC(=O)NC)cc1)n2CCC(C)C. The van der Waals surface area contributed by atoms with Crippen LogP contribution in [0, 0.1) is 5.92 Å². The first-order valence-electron chi connectivity index (χ1n) is 11.6. The number of carbonyl (C=O) groups is 2. The smallest absolute Gasteiger partial charge is 0.410 e. The highest BCUT2D eigenvalue weighted by molar-refractivity contribution is 5.97. The van der Waals surface area contributed by atoms with E-state index in [1.165, 1.54) is 7.05 Å². The molecule has 1 heterocycles. The molecule has 0 saturated heterocycles. The second-order valence-corrected chi connectivity index (χ2v) is 8.50. The van der Waals surface area contributed by atoms with Gasteiger partial charge >= 0.3 is 6.09 Å². The highest BCUT2D eigenvalue weighted by Crippen LogP contribution is 2.23. The molecule has 0 radical (unpaired) electrons. The molecule has 7 heteroatoms. The van der Waals surface area contributed by atoms with E-state index in [4.69, 9.17) is 9.72 Å². The van der Waals surface area contributed by atoms with Crippen LogP contribution in [0.15, 0.2) is 42.5 Å². The third kappa shape index (κ3) is 5.92. The van der Waals surface area contributed by atoms with Crippen LogP contribution in [-0.2, 0) is 13.0 Å². The summed E-state index contributed by atoms with van der Waals surface area (Å²) in [6, 6.07) is 13.3. The molecule has 0 atom stereocenters. The van der Waals surface area contributed by atoms with E-state index in [0.717, 1.165) is 35.4 Å². The normalized spacial score (nSPS) is 11.1. The van der Waals surface area contributed by atoms with Crippen LogP contribution < -0.4 is 10.1 Å². The molecule has 33 heavy (non-hydrogen) atoms. The molecule has 2 aromatic carbocycles. The van der Waals surface area contributed by atoms with Gasteiger partial charge in [0.15, 0.2) is 0 Å². The van der Waals surface area contributed by atoms with Crippen LogP contribution in [0.2, 0.25) is 0 Å². The fourth-order valence-electron chi connectivity index (χ4n) is 3.79.